The third kappa shape index (κ3) is 3.49. The van der Waals surface area contributed by atoms with Gasteiger partial charge < -0.3 is 5.32 Å². The van der Waals surface area contributed by atoms with Crippen molar-refractivity contribution in [3.05, 3.63) is 35.9 Å². The van der Waals surface area contributed by atoms with Crippen molar-refractivity contribution in [2.45, 2.75) is 37.9 Å². The molecular formula is C14H16F3NO. The van der Waals surface area contributed by atoms with Gasteiger partial charge in [-0.1, -0.05) is 31.0 Å². The van der Waals surface area contributed by atoms with Crippen LogP contribution >= 0.6 is 0 Å². The van der Waals surface area contributed by atoms with Gasteiger partial charge in [0.05, 0.1) is 5.92 Å². The SMILES string of the molecule is O=C(NC1CCCCC1C(F)(F)F)c1ccccc1. The molecule has 1 fully saturated rings. The summed E-state index contributed by atoms with van der Waals surface area (Å²) in [7, 11) is 0. The van der Waals surface area contributed by atoms with E-state index in [2.05, 4.69) is 5.32 Å². The van der Waals surface area contributed by atoms with Crippen molar-refractivity contribution in [1.29, 1.82) is 0 Å². The molecule has 1 aliphatic rings. The maximum atomic E-state index is 12.9. The van der Waals surface area contributed by atoms with Crippen LogP contribution < -0.4 is 5.32 Å². The largest absolute Gasteiger partial charge is 0.393 e. The number of halogens is 3. The Morgan fingerprint density at radius 2 is 1.74 bits per heavy atom. The molecule has 1 aromatic rings. The fourth-order valence-corrected chi connectivity index (χ4v) is 2.54. The van der Waals surface area contributed by atoms with Gasteiger partial charge in [-0.2, -0.15) is 13.2 Å². The molecule has 0 bridgehead atoms. The topological polar surface area (TPSA) is 29.1 Å². The molecule has 104 valence electrons. The van der Waals surface area contributed by atoms with Crippen molar-refractivity contribution < 1.29 is 18.0 Å². The van der Waals surface area contributed by atoms with E-state index in [1.54, 1.807) is 30.3 Å². The van der Waals surface area contributed by atoms with E-state index in [1.807, 2.05) is 0 Å². The average Bonchev–Trinajstić information content (AvgIpc) is 2.39. The minimum Gasteiger partial charge on any atom is -0.349 e. The van der Waals surface area contributed by atoms with Crippen LogP contribution in [0.4, 0.5) is 13.2 Å². The number of hydrogen-bond donors (Lipinski definition) is 1. The quantitative estimate of drug-likeness (QED) is 0.875. The smallest absolute Gasteiger partial charge is 0.349 e. The first kappa shape index (κ1) is 13.9. The highest BCUT2D eigenvalue weighted by Crippen LogP contribution is 2.37. The molecule has 0 spiro atoms. The number of hydrogen-bond acceptors (Lipinski definition) is 1. The maximum absolute atomic E-state index is 12.9. The highest BCUT2D eigenvalue weighted by atomic mass is 19.4. The zero-order chi connectivity index (χ0) is 13.9. The van der Waals surface area contributed by atoms with Gasteiger partial charge in [-0.15, -0.1) is 0 Å². The molecule has 1 saturated carbocycles. The number of alkyl halides is 3. The molecule has 5 heteroatoms. The van der Waals surface area contributed by atoms with Crippen molar-refractivity contribution in [1.82, 2.24) is 5.32 Å². The number of rotatable bonds is 2. The molecule has 1 amide bonds. The Balaban J connectivity index is 2.06. The second-order valence-electron chi connectivity index (χ2n) is 4.88. The van der Waals surface area contributed by atoms with Crippen LogP contribution in [0.1, 0.15) is 36.0 Å². The van der Waals surface area contributed by atoms with Crippen LogP contribution in [0.3, 0.4) is 0 Å². The second-order valence-corrected chi connectivity index (χ2v) is 4.88. The Morgan fingerprint density at radius 1 is 1.11 bits per heavy atom. The summed E-state index contributed by atoms with van der Waals surface area (Å²) in [4.78, 5) is 11.9. The summed E-state index contributed by atoms with van der Waals surface area (Å²) in [6.45, 7) is 0. The van der Waals surface area contributed by atoms with Crippen molar-refractivity contribution in [3.8, 4) is 0 Å². The maximum Gasteiger partial charge on any atom is 0.393 e. The molecule has 0 aromatic heterocycles. The molecule has 2 atom stereocenters. The zero-order valence-electron chi connectivity index (χ0n) is 10.4. The lowest BCUT2D eigenvalue weighted by molar-refractivity contribution is -0.187. The normalized spacial score (nSPS) is 23.9. The molecule has 19 heavy (non-hydrogen) atoms. The molecule has 2 rings (SSSR count). The van der Waals surface area contributed by atoms with Crippen molar-refractivity contribution >= 4 is 5.91 Å². The predicted molar refractivity (Wildman–Crippen MR) is 65.7 cm³/mol. The first-order chi connectivity index (χ1) is 8.98. The molecular weight excluding hydrogens is 255 g/mol. The Kier molecular flexibility index (Phi) is 4.12. The van der Waals surface area contributed by atoms with Crippen LogP contribution in [0, 0.1) is 5.92 Å². The first-order valence-corrected chi connectivity index (χ1v) is 6.41. The first-order valence-electron chi connectivity index (χ1n) is 6.41. The molecule has 2 unspecified atom stereocenters. The van der Waals surface area contributed by atoms with E-state index in [4.69, 9.17) is 0 Å². The van der Waals surface area contributed by atoms with Crippen LogP contribution in [0.2, 0.25) is 0 Å². The molecule has 0 aliphatic heterocycles. The lowest BCUT2D eigenvalue weighted by atomic mass is 9.84. The van der Waals surface area contributed by atoms with E-state index in [0.717, 1.165) is 6.42 Å². The van der Waals surface area contributed by atoms with Gasteiger partial charge >= 0.3 is 6.18 Å². The lowest BCUT2D eigenvalue weighted by Gasteiger charge is -2.33. The Bertz CT molecular complexity index is 430. The number of carbonyl (C=O) groups excluding carboxylic acids is 1. The van der Waals surface area contributed by atoms with E-state index in [0.29, 0.717) is 18.4 Å². The van der Waals surface area contributed by atoms with Crippen LogP contribution in [-0.2, 0) is 0 Å². The summed E-state index contributed by atoms with van der Waals surface area (Å²) in [5.74, 6) is -1.85. The van der Waals surface area contributed by atoms with Crippen molar-refractivity contribution in [2.75, 3.05) is 0 Å². The van der Waals surface area contributed by atoms with Gasteiger partial charge in [0.15, 0.2) is 0 Å². The number of benzene rings is 1. The predicted octanol–water partition coefficient (Wildman–Crippen LogP) is 3.54. The fraction of sp³-hybridized carbons (Fsp3) is 0.500. The van der Waals surface area contributed by atoms with Crippen LogP contribution in [0.5, 0.6) is 0 Å². The van der Waals surface area contributed by atoms with Gasteiger partial charge in [-0.3, -0.25) is 4.79 Å². The Labute approximate surface area is 110 Å². The van der Waals surface area contributed by atoms with Gasteiger partial charge in [0.1, 0.15) is 0 Å². The van der Waals surface area contributed by atoms with Gasteiger partial charge in [0.25, 0.3) is 5.91 Å². The van der Waals surface area contributed by atoms with Crippen molar-refractivity contribution in [3.63, 3.8) is 0 Å². The minimum absolute atomic E-state index is 0.100. The third-order valence-corrected chi connectivity index (χ3v) is 3.54. The van der Waals surface area contributed by atoms with E-state index in [-0.39, 0.29) is 6.42 Å². The summed E-state index contributed by atoms with van der Waals surface area (Å²) in [5.41, 5.74) is 0.397. The zero-order valence-corrected chi connectivity index (χ0v) is 10.4. The summed E-state index contributed by atoms with van der Waals surface area (Å²) in [6, 6.07) is 7.53. The van der Waals surface area contributed by atoms with Gasteiger partial charge in [0.2, 0.25) is 0 Å². The Morgan fingerprint density at radius 3 is 2.37 bits per heavy atom. The second kappa shape index (κ2) is 5.63. The van der Waals surface area contributed by atoms with Crippen LogP contribution in [-0.4, -0.2) is 18.1 Å². The molecule has 2 nitrogen and oxygen atoms in total. The van der Waals surface area contributed by atoms with Gasteiger partial charge in [-0.25, -0.2) is 0 Å². The van der Waals surface area contributed by atoms with Gasteiger partial charge in [0, 0.05) is 11.6 Å². The number of amides is 1. The molecule has 1 aromatic carbocycles. The molecule has 1 N–H and O–H groups in total. The highest BCUT2D eigenvalue weighted by Gasteiger charge is 2.45. The van der Waals surface area contributed by atoms with Crippen molar-refractivity contribution in [2.24, 2.45) is 5.92 Å². The van der Waals surface area contributed by atoms with E-state index < -0.39 is 24.0 Å². The molecule has 1 aliphatic carbocycles. The van der Waals surface area contributed by atoms with E-state index in [9.17, 15) is 18.0 Å². The van der Waals surface area contributed by atoms with Gasteiger partial charge in [-0.05, 0) is 25.0 Å². The number of carbonyl (C=O) groups is 1. The number of nitrogens with one attached hydrogen (secondary N) is 1. The molecule has 0 heterocycles. The summed E-state index contributed by atoms with van der Waals surface area (Å²) in [5, 5.41) is 2.53. The average molecular weight is 271 g/mol. The van der Waals surface area contributed by atoms with Crippen LogP contribution in [0.15, 0.2) is 30.3 Å². The lowest BCUT2D eigenvalue weighted by Crippen LogP contribution is -2.47. The van der Waals surface area contributed by atoms with E-state index in [1.165, 1.54) is 0 Å². The summed E-state index contributed by atoms with van der Waals surface area (Å²) >= 11 is 0. The van der Waals surface area contributed by atoms with E-state index >= 15 is 0 Å². The monoisotopic (exact) mass is 271 g/mol. The fourth-order valence-electron chi connectivity index (χ4n) is 2.54. The third-order valence-electron chi connectivity index (χ3n) is 3.54. The molecule has 0 radical (unpaired) electrons. The summed E-state index contributed by atoms with van der Waals surface area (Å²) in [6.07, 6.45) is -2.45. The Hall–Kier alpha value is -1.52. The molecule has 0 saturated heterocycles. The van der Waals surface area contributed by atoms with Crippen LogP contribution in [0.25, 0.3) is 0 Å². The summed E-state index contributed by atoms with van der Waals surface area (Å²) < 4.78 is 38.7. The standard InChI is InChI=1S/C14H16F3NO/c15-14(16,17)11-8-4-5-9-12(11)18-13(19)10-6-2-1-3-7-10/h1-3,6-7,11-12H,4-5,8-9H2,(H,18,19). The highest BCUT2D eigenvalue weighted by molar-refractivity contribution is 5.94. The minimum atomic E-state index is -4.24.